The summed E-state index contributed by atoms with van der Waals surface area (Å²) in [7, 11) is 0. The van der Waals surface area contributed by atoms with E-state index in [-0.39, 0.29) is 0 Å². The predicted molar refractivity (Wildman–Crippen MR) is 72.7 cm³/mol. The largest absolute Gasteiger partial charge is 0.493 e. The van der Waals surface area contributed by atoms with Crippen molar-refractivity contribution < 1.29 is 4.74 Å². The molecule has 0 amide bonds. The summed E-state index contributed by atoms with van der Waals surface area (Å²) < 4.78 is 5.68. The SMILES string of the molecule is Cc1ccc(C2(N)CCOc3ccccc32)cc1. The number of rotatable bonds is 1. The Morgan fingerprint density at radius 1 is 1.06 bits per heavy atom. The minimum Gasteiger partial charge on any atom is -0.493 e. The van der Waals surface area contributed by atoms with Crippen molar-refractivity contribution in [3.63, 3.8) is 0 Å². The third-order valence-corrected chi connectivity index (χ3v) is 3.69. The highest BCUT2D eigenvalue weighted by molar-refractivity contribution is 5.47. The van der Waals surface area contributed by atoms with Gasteiger partial charge in [-0.15, -0.1) is 0 Å². The number of para-hydroxylation sites is 1. The zero-order chi connectivity index (χ0) is 12.6. The highest BCUT2D eigenvalue weighted by atomic mass is 16.5. The van der Waals surface area contributed by atoms with Gasteiger partial charge in [0.15, 0.2) is 0 Å². The molecule has 1 aliphatic heterocycles. The number of ether oxygens (including phenoxy) is 1. The molecular weight excluding hydrogens is 222 g/mol. The predicted octanol–water partition coefficient (Wildman–Crippen LogP) is 2.98. The van der Waals surface area contributed by atoms with Gasteiger partial charge in [-0.2, -0.15) is 0 Å². The molecule has 3 rings (SSSR count). The molecule has 0 radical (unpaired) electrons. The maximum Gasteiger partial charge on any atom is 0.124 e. The second-order valence-electron chi connectivity index (χ2n) is 4.93. The Kier molecular flexibility index (Phi) is 2.60. The van der Waals surface area contributed by atoms with E-state index in [1.54, 1.807) is 0 Å². The molecule has 0 saturated heterocycles. The Hall–Kier alpha value is -1.80. The van der Waals surface area contributed by atoms with Gasteiger partial charge in [0.2, 0.25) is 0 Å². The molecule has 2 N–H and O–H groups in total. The van der Waals surface area contributed by atoms with E-state index in [9.17, 15) is 0 Å². The third kappa shape index (κ3) is 1.70. The number of nitrogens with two attached hydrogens (primary N) is 1. The lowest BCUT2D eigenvalue weighted by Crippen LogP contribution is -2.42. The summed E-state index contributed by atoms with van der Waals surface area (Å²) in [6.07, 6.45) is 0.813. The van der Waals surface area contributed by atoms with Crippen LogP contribution in [0.25, 0.3) is 0 Å². The highest BCUT2D eigenvalue weighted by Gasteiger charge is 2.35. The molecule has 0 bridgehead atoms. The number of hydrogen-bond donors (Lipinski definition) is 1. The number of aryl methyl sites for hydroxylation is 1. The van der Waals surface area contributed by atoms with Crippen LogP contribution in [0.5, 0.6) is 5.75 Å². The molecule has 18 heavy (non-hydrogen) atoms. The van der Waals surface area contributed by atoms with Crippen molar-refractivity contribution in [2.75, 3.05) is 6.61 Å². The van der Waals surface area contributed by atoms with Crippen LogP contribution in [0.3, 0.4) is 0 Å². The van der Waals surface area contributed by atoms with E-state index in [2.05, 4.69) is 37.3 Å². The first-order chi connectivity index (χ1) is 8.70. The summed E-state index contributed by atoms with van der Waals surface area (Å²) in [5.41, 5.74) is 9.73. The average Bonchev–Trinajstić information content (AvgIpc) is 2.40. The lowest BCUT2D eigenvalue weighted by atomic mass is 9.79. The summed E-state index contributed by atoms with van der Waals surface area (Å²) in [6, 6.07) is 16.5. The maximum absolute atomic E-state index is 6.66. The van der Waals surface area contributed by atoms with Crippen molar-refractivity contribution in [3.8, 4) is 5.75 Å². The monoisotopic (exact) mass is 239 g/mol. The molecule has 0 fully saturated rings. The fourth-order valence-electron chi connectivity index (χ4n) is 2.57. The Morgan fingerprint density at radius 2 is 1.78 bits per heavy atom. The third-order valence-electron chi connectivity index (χ3n) is 3.69. The summed E-state index contributed by atoms with van der Waals surface area (Å²) in [5.74, 6) is 0.909. The van der Waals surface area contributed by atoms with Crippen LogP contribution < -0.4 is 10.5 Å². The van der Waals surface area contributed by atoms with Crippen LogP contribution in [0.15, 0.2) is 48.5 Å². The molecule has 1 heterocycles. The van der Waals surface area contributed by atoms with Crippen molar-refractivity contribution in [2.45, 2.75) is 18.9 Å². The van der Waals surface area contributed by atoms with Crippen molar-refractivity contribution in [3.05, 3.63) is 65.2 Å². The van der Waals surface area contributed by atoms with E-state index in [0.717, 1.165) is 23.3 Å². The fourth-order valence-corrected chi connectivity index (χ4v) is 2.57. The smallest absolute Gasteiger partial charge is 0.124 e. The van der Waals surface area contributed by atoms with Crippen molar-refractivity contribution in [2.24, 2.45) is 5.73 Å². The molecule has 1 unspecified atom stereocenters. The van der Waals surface area contributed by atoms with E-state index in [4.69, 9.17) is 10.5 Å². The lowest BCUT2D eigenvalue weighted by molar-refractivity contribution is 0.238. The van der Waals surface area contributed by atoms with Crippen LogP contribution in [0, 0.1) is 6.92 Å². The van der Waals surface area contributed by atoms with Crippen molar-refractivity contribution >= 4 is 0 Å². The molecule has 1 aliphatic rings. The quantitative estimate of drug-likeness (QED) is 0.830. The van der Waals surface area contributed by atoms with Gasteiger partial charge in [0.05, 0.1) is 12.1 Å². The van der Waals surface area contributed by atoms with Crippen LogP contribution in [-0.2, 0) is 5.54 Å². The minimum atomic E-state index is -0.428. The lowest BCUT2D eigenvalue weighted by Gasteiger charge is -2.36. The molecular formula is C16H17NO. The number of fused-ring (bicyclic) bond motifs is 1. The summed E-state index contributed by atoms with van der Waals surface area (Å²) >= 11 is 0. The van der Waals surface area contributed by atoms with Gasteiger partial charge < -0.3 is 10.5 Å². The van der Waals surface area contributed by atoms with Gasteiger partial charge in [0.1, 0.15) is 5.75 Å². The van der Waals surface area contributed by atoms with Gasteiger partial charge in [-0.05, 0) is 18.6 Å². The average molecular weight is 239 g/mol. The minimum absolute atomic E-state index is 0.428. The second-order valence-corrected chi connectivity index (χ2v) is 4.93. The zero-order valence-corrected chi connectivity index (χ0v) is 10.5. The van der Waals surface area contributed by atoms with Crippen LogP contribution in [0.4, 0.5) is 0 Å². The van der Waals surface area contributed by atoms with Gasteiger partial charge in [-0.25, -0.2) is 0 Å². The zero-order valence-electron chi connectivity index (χ0n) is 10.5. The van der Waals surface area contributed by atoms with Gasteiger partial charge in [-0.1, -0.05) is 48.0 Å². The van der Waals surface area contributed by atoms with Crippen molar-refractivity contribution in [1.29, 1.82) is 0 Å². The van der Waals surface area contributed by atoms with E-state index in [0.29, 0.717) is 6.61 Å². The van der Waals surface area contributed by atoms with Gasteiger partial charge in [-0.3, -0.25) is 0 Å². The molecule has 2 aromatic rings. The van der Waals surface area contributed by atoms with E-state index >= 15 is 0 Å². The Morgan fingerprint density at radius 3 is 2.56 bits per heavy atom. The molecule has 2 heteroatoms. The topological polar surface area (TPSA) is 35.2 Å². The highest BCUT2D eigenvalue weighted by Crippen LogP contribution is 2.39. The first kappa shape index (κ1) is 11.3. The normalized spacial score (nSPS) is 22.1. The van der Waals surface area contributed by atoms with Crippen LogP contribution in [0.1, 0.15) is 23.1 Å². The molecule has 0 spiro atoms. The Balaban J connectivity index is 2.13. The fraction of sp³-hybridized carbons (Fsp3) is 0.250. The van der Waals surface area contributed by atoms with Crippen LogP contribution in [-0.4, -0.2) is 6.61 Å². The molecule has 0 aromatic heterocycles. The molecule has 2 nitrogen and oxygen atoms in total. The summed E-state index contributed by atoms with van der Waals surface area (Å²) in [4.78, 5) is 0. The van der Waals surface area contributed by atoms with Gasteiger partial charge in [0.25, 0.3) is 0 Å². The summed E-state index contributed by atoms with van der Waals surface area (Å²) in [6.45, 7) is 2.76. The van der Waals surface area contributed by atoms with Crippen LogP contribution >= 0.6 is 0 Å². The van der Waals surface area contributed by atoms with E-state index in [1.165, 1.54) is 5.56 Å². The van der Waals surface area contributed by atoms with E-state index < -0.39 is 5.54 Å². The van der Waals surface area contributed by atoms with Gasteiger partial charge in [0, 0.05) is 12.0 Å². The number of hydrogen-bond acceptors (Lipinski definition) is 2. The maximum atomic E-state index is 6.66. The Bertz CT molecular complexity index is 562. The first-order valence-corrected chi connectivity index (χ1v) is 6.28. The second kappa shape index (κ2) is 4.14. The molecule has 0 saturated carbocycles. The molecule has 92 valence electrons. The summed E-state index contributed by atoms with van der Waals surface area (Å²) in [5, 5.41) is 0. The van der Waals surface area contributed by atoms with E-state index in [1.807, 2.05) is 18.2 Å². The number of benzene rings is 2. The standard InChI is InChI=1S/C16H17NO/c1-12-6-8-13(9-7-12)16(17)10-11-18-15-5-3-2-4-14(15)16/h2-9H,10-11,17H2,1H3. The molecule has 0 aliphatic carbocycles. The van der Waals surface area contributed by atoms with Crippen molar-refractivity contribution in [1.82, 2.24) is 0 Å². The molecule has 2 aromatic carbocycles. The first-order valence-electron chi connectivity index (χ1n) is 6.28. The molecule has 1 atom stereocenters. The Labute approximate surface area is 107 Å². The van der Waals surface area contributed by atoms with Gasteiger partial charge >= 0.3 is 0 Å². The van der Waals surface area contributed by atoms with Crippen LogP contribution in [0.2, 0.25) is 0 Å².